The van der Waals surface area contributed by atoms with Gasteiger partial charge in [0.2, 0.25) is 5.91 Å². The van der Waals surface area contributed by atoms with Crippen molar-refractivity contribution in [3.8, 4) is 5.69 Å². The lowest BCUT2D eigenvalue weighted by Gasteiger charge is -2.19. The number of amides is 1. The molecule has 8 heteroatoms. The van der Waals surface area contributed by atoms with E-state index < -0.39 is 5.82 Å². The highest BCUT2D eigenvalue weighted by Crippen LogP contribution is 2.27. The van der Waals surface area contributed by atoms with E-state index in [2.05, 4.69) is 26.0 Å². The lowest BCUT2D eigenvalue weighted by molar-refractivity contribution is -0.120. The van der Waals surface area contributed by atoms with Gasteiger partial charge in [0.15, 0.2) is 4.60 Å². The van der Waals surface area contributed by atoms with Crippen LogP contribution in [0.3, 0.4) is 0 Å². The molecule has 0 aliphatic rings. The third-order valence-electron chi connectivity index (χ3n) is 3.14. The van der Waals surface area contributed by atoms with Gasteiger partial charge >= 0.3 is 0 Å². The summed E-state index contributed by atoms with van der Waals surface area (Å²) in [5.41, 5.74) is 1.12. The van der Waals surface area contributed by atoms with Gasteiger partial charge in [-0.05, 0) is 22.2 Å². The third kappa shape index (κ3) is 3.67. The van der Waals surface area contributed by atoms with Gasteiger partial charge in [0.1, 0.15) is 5.82 Å². The molecule has 2 aromatic rings. The highest BCUT2D eigenvalue weighted by atomic mass is 79.9. The van der Waals surface area contributed by atoms with E-state index in [1.54, 1.807) is 29.9 Å². The Bertz CT molecular complexity index is 679. The zero-order valence-electron chi connectivity index (χ0n) is 12.5. The molecule has 0 radical (unpaired) electrons. The van der Waals surface area contributed by atoms with Crippen molar-refractivity contribution < 1.29 is 9.18 Å². The molecule has 0 saturated heterocycles. The van der Waals surface area contributed by atoms with Gasteiger partial charge in [0.25, 0.3) is 0 Å². The molecule has 22 heavy (non-hydrogen) atoms. The third-order valence-corrected chi connectivity index (χ3v) is 4.53. The summed E-state index contributed by atoms with van der Waals surface area (Å²) in [7, 11) is 1.70. The van der Waals surface area contributed by atoms with Gasteiger partial charge in [0, 0.05) is 24.8 Å². The smallest absolute Gasteiger partial charge is 0.230 e. The van der Waals surface area contributed by atoms with Crippen LogP contribution in [0.5, 0.6) is 0 Å². The van der Waals surface area contributed by atoms with E-state index in [9.17, 15) is 9.18 Å². The molecule has 0 bridgehead atoms. The fourth-order valence-corrected chi connectivity index (χ4v) is 3.18. The Hall–Kier alpha value is -1.41. The molecule has 0 aliphatic carbocycles. The minimum atomic E-state index is -0.441. The minimum Gasteiger partial charge on any atom is -0.311 e. The van der Waals surface area contributed by atoms with E-state index >= 15 is 0 Å². The summed E-state index contributed by atoms with van der Waals surface area (Å²) < 4.78 is 15.3. The number of aromatic nitrogens is 3. The van der Waals surface area contributed by atoms with E-state index in [1.165, 1.54) is 16.9 Å². The Morgan fingerprint density at radius 1 is 1.55 bits per heavy atom. The number of carbonyl (C=O) groups excluding carboxylic acids is 1. The molecular formula is C14H16BrFN4OS. The van der Waals surface area contributed by atoms with Gasteiger partial charge in [-0.25, -0.2) is 9.07 Å². The summed E-state index contributed by atoms with van der Waals surface area (Å²) in [5, 5.41) is 4.26. The van der Waals surface area contributed by atoms with Crippen LogP contribution in [0.4, 0.5) is 10.1 Å². The second-order valence-electron chi connectivity index (χ2n) is 4.86. The van der Waals surface area contributed by atoms with Gasteiger partial charge in [-0.2, -0.15) is 16.9 Å². The second-order valence-corrected chi connectivity index (χ2v) is 6.53. The summed E-state index contributed by atoms with van der Waals surface area (Å²) in [6.45, 7) is 1.89. The summed E-state index contributed by atoms with van der Waals surface area (Å²) in [4.78, 5) is 17.7. The van der Waals surface area contributed by atoms with E-state index in [-0.39, 0.29) is 11.8 Å². The van der Waals surface area contributed by atoms with Crippen molar-refractivity contribution in [2.24, 2.45) is 5.92 Å². The molecule has 0 N–H and O–H groups in total. The van der Waals surface area contributed by atoms with Crippen LogP contribution in [0.25, 0.3) is 5.69 Å². The molecule has 118 valence electrons. The van der Waals surface area contributed by atoms with E-state index in [1.807, 2.05) is 13.2 Å². The molecule has 0 saturated carbocycles. The van der Waals surface area contributed by atoms with E-state index in [0.717, 1.165) is 11.9 Å². The van der Waals surface area contributed by atoms with Crippen LogP contribution in [0, 0.1) is 11.7 Å². The quantitative estimate of drug-likeness (QED) is 0.791. The lowest BCUT2D eigenvalue weighted by atomic mass is 10.2. The average Bonchev–Trinajstić information content (AvgIpc) is 2.88. The number of thioether (sulfide) groups is 1. The Labute approximate surface area is 141 Å². The van der Waals surface area contributed by atoms with Gasteiger partial charge in [-0.3, -0.25) is 9.78 Å². The van der Waals surface area contributed by atoms with Crippen molar-refractivity contribution in [3.63, 3.8) is 0 Å². The first-order valence-electron chi connectivity index (χ1n) is 6.56. The van der Waals surface area contributed by atoms with Crippen LogP contribution in [0.1, 0.15) is 6.92 Å². The SMILES string of the molecule is CSCC(C)C(=O)N(C)c1cn(-c2cncc(F)c2)nc1Br. The van der Waals surface area contributed by atoms with Gasteiger partial charge in [0.05, 0.1) is 30.0 Å². The molecule has 0 fully saturated rings. The van der Waals surface area contributed by atoms with E-state index in [4.69, 9.17) is 0 Å². The van der Waals surface area contributed by atoms with Gasteiger partial charge in [-0.15, -0.1) is 0 Å². The monoisotopic (exact) mass is 386 g/mol. The Balaban J connectivity index is 2.28. The second kappa shape index (κ2) is 7.23. The number of hydrogen-bond donors (Lipinski definition) is 0. The molecule has 2 aromatic heterocycles. The first-order chi connectivity index (χ1) is 10.4. The van der Waals surface area contributed by atoms with Crippen molar-refractivity contribution in [3.05, 3.63) is 35.1 Å². The number of nitrogens with zero attached hydrogens (tertiary/aromatic N) is 4. The molecule has 1 atom stereocenters. The number of pyridine rings is 1. The van der Waals surface area contributed by atoms with E-state index in [0.29, 0.717) is 16.0 Å². The predicted molar refractivity (Wildman–Crippen MR) is 90.0 cm³/mol. The number of halogens is 2. The van der Waals surface area contributed by atoms with Crippen LogP contribution in [0.2, 0.25) is 0 Å². The maximum Gasteiger partial charge on any atom is 0.230 e. The number of anilines is 1. The Kier molecular flexibility index (Phi) is 5.57. The van der Waals surface area contributed by atoms with Crippen molar-refractivity contribution in [1.29, 1.82) is 0 Å². The normalized spacial score (nSPS) is 12.2. The van der Waals surface area contributed by atoms with Gasteiger partial charge < -0.3 is 4.90 Å². The maximum absolute atomic E-state index is 13.3. The molecule has 1 amide bonds. The summed E-state index contributed by atoms with van der Waals surface area (Å²) in [6.07, 6.45) is 6.27. The zero-order chi connectivity index (χ0) is 16.3. The first-order valence-corrected chi connectivity index (χ1v) is 8.75. The average molecular weight is 387 g/mol. The number of hydrogen-bond acceptors (Lipinski definition) is 4. The summed E-state index contributed by atoms with van der Waals surface area (Å²) >= 11 is 4.97. The summed E-state index contributed by atoms with van der Waals surface area (Å²) in [5.74, 6) is 0.227. The van der Waals surface area contributed by atoms with Crippen LogP contribution >= 0.6 is 27.7 Å². The van der Waals surface area contributed by atoms with Crippen LogP contribution < -0.4 is 4.90 Å². The molecule has 0 aliphatic heterocycles. The number of carbonyl (C=O) groups is 1. The molecule has 5 nitrogen and oxygen atoms in total. The standard InChI is InChI=1S/C14H16BrFN4OS/c1-9(8-22-3)14(21)19(2)12-7-20(18-13(12)15)11-4-10(16)5-17-6-11/h4-7,9H,8H2,1-3H3. The maximum atomic E-state index is 13.3. The Morgan fingerprint density at radius 3 is 2.91 bits per heavy atom. The van der Waals surface area contributed by atoms with Gasteiger partial charge in [-0.1, -0.05) is 6.92 Å². The van der Waals surface area contributed by atoms with Crippen LogP contribution in [-0.4, -0.2) is 39.7 Å². The highest BCUT2D eigenvalue weighted by Gasteiger charge is 2.22. The molecular weight excluding hydrogens is 371 g/mol. The van der Waals surface area contributed by atoms with Crippen molar-refractivity contribution in [2.45, 2.75) is 6.92 Å². The fourth-order valence-electron chi connectivity index (χ4n) is 2.00. The van der Waals surface area contributed by atoms with Crippen LogP contribution in [0.15, 0.2) is 29.3 Å². The molecule has 2 heterocycles. The Morgan fingerprint density at radius 2 is 2.27 bits per heavy atom. The molecule has 0 spiro atoms. The van der Waals surface area contributed by atoms with Crippen molar-refractivity contribution in [1.82, 2.24) is 14.8 Å². The largest absolute Gasteiger partial charge is 0.311 e. The highest BCUT2D eigenvalue weighted by molar-refractivity contribution is 9.10. The van der Waals surface area contributed by atoms with Crippen molar-refractivity contribution in [2.75, 3.05) is 24.0 Å². The molecule has 2 rings (SSSR count). The fraction of sp³-hybridized carbons (Fsp3) is 0.357. The zero-order valence-corrected chi connectivity index (χ0v) is 14.9. The van der Waals surface area contributed by atoms with Crippen molar-refractivity contribution >= 4 is 39.3 Å². The summed E-state index contributed by atoms with van der Waals surface area (Å²) in [6, 6.07) is 1.33. The lowest BCUT2D eigenvalue weighted by Crippen LogP contribution is -2.32. The molecule has 1 unspecified atom stereocenters. The predicted octanol–water partition coefficient (Wildman–Crippen LogP) is 3.13. The number of rotatable bonds is 5. The minimum absolute atomic E-state index is 0.00645. The first kappa shape index (κ1) is 17.0. The van der Waals surface area contributed by atoms with Crippen LogP contribution in [-0.2, 0) is 4.79 Å². The topological polar surface area (TPSA) is 51.0 Å². The molecule has 0 aromatic carbocycles.